The Bertz CT molecular complexity index is 881. The summed E-state index contributed by atoms with van der Waals surface area (Å²) in [4.78, 5) is 12.2. The Hall–Kier alpha value is -1.60. The van der Waals surface area contributed by atoms with Gasteiger partial charge in [-0.3, -0.25) is 4.79 Å². The Kier molecular flexibility index (Phi) is 4.83. The summed E-state index contributed by atoms with van der Waals surface area (Å²) in [5, 5.41) is 4.83. The fraction of sp³-hybridized carbons (Fsp3) is 0.353. The number of benzene rings is 2. The highest BCUT2D eigenvalue weighted by Crippen LogP contribution is 2.33. The molecule has 7 heteroatoms. The van der Waals surface area contributed by atoms with Crippen LogP contribution in [-0.4, -0.2) is 38.0 Å². The summed E-state index contributed by atoms with van der Waals surface area (Å²) in [5.74, 6) is 0.404. The van der Waals surface area contributed by atoms with Crippen molar-refractivity contribution in [3.63, 3.8) is 0 Å². The van der Waals surface area contributed by atoms with Crippen molar-refractivity contribution >= 4 is 42.4 Å². The molecule has 2 aromatic rings. The number of hydrogen-bond acceptors (Lipinski definition) is 4. The predicted molar refractivity (Wildman–Crippen MR) is 96.9 cm³/mol. The minimum atomic E-state index is -3.02. The van der Waals surface area contributed by atoms with Crippen molar-refractivity contribution in [1.82, 2.24) is 5.32 Å². The van der Waals surface area contributed by atoms with Crippen molar-refractivity contribution in [2.24, 2.45) is 0 Å². The van der Waals surface area contributed by atoms with Gasteiger partial charge in [-0.05, 0) is 46.1 Å². The van der Waals surface area contributed by atoms with Gasteiger partial charge in [0.1, 0.15) is 5.75 Å². The van der Waals surface area contributed by atoms with E-state index in [0.717, 1.165) is 15.2 Å². The summed E-state index contributed by atoms with van der Waals surface area (Å²) in [6.07, 6.45) is -0.258. The summed E-state index contributed by atoms with van der Waals surface area (Å²) >= 11 is 3.53. The number of sulfone groups is 1. The molecule has 1 saturated heterocycles. The summed E-state index contributed by atoms with van der Waals surface area (Å²) in [7, 11) is -3.02. The highest BCUT2D eigenvalue weighted by atomic mass is 79.9. The van der Waals surface area contributed by atoms with E-state index in [0.29, 0.717) is 12.2 Å². The summed E-state index contributed by atoms with van der Waals surface area (Å²) < 4.78 is 29.5. The lowest BCUT2D eigenvalue weighted by Crippen LogP contribution is -2.43. The van der Waals surface area contributed by atoms with Crippen LogP contribution in [0.25, 0.3) is 10.8 Å². The molecule has 1 heterocycles. The Labute approximate surface area is 149 Å². The quantitative estimate of drug-likeness (QED) is 0.838. The summed E-state index contributed by atoms with van der Waals surface area (Å²) in [5.41, 5.74) is 0. The van der Waals surface area contributed by atoms with Crippen LogP contribution in [0.2, 0.25) is 0 Å². The first kappa shape index (κ1) is 17.2. The monoisotopic (exact) mass is 411 g/mol. The largest absolute Gasteiger partial charge is 0.480 e. The lowest BCUT2D eigenvalue weighted by Gasteiger charge is -2.18. The van der Waals surface area contributed by atoms with Crippen LogP contribution in [0.1, 0.15) is 13.3 Å². The zero-order chi connectivity index (χ0) is 17.3. The van der Waals surface area contributed by atoms with E-state index in [4.69, 9.17) is 4.74 Å². The van der Waals surface area contributed by atoms with Crippen LogP contribution < -0.4 is 10.1 Å². The van der Waals surface area contributed by atoms with E-state index >= 15 is 0 Å². The Morgan fingerprint density at radius 3 is 2.75 bits per heavy atom. The molecule has 1 fully saturated rings. The molecule has 2 unspecified atom stereocenters. The van der Waals surface area contributed by atoms with Gasteiger partial charge in [-0.15, -0.1) is 0 Å². The third kappa shape index (κ3) is 3.72. The van der Waals surface area contributed by atoms with Crippen LogP contribution in [0.4, 0.5) is 0 Å². The van der Waals surface area contributed by atoms with E-state index in [1.54, 1.807) is 6.92 Å². The maximum atomic E-state index is 12.2. The average Bonchev–Trinajstić information content (AvgIpc) is 2.89. The molecule has 5 nitrogen and oxygen atoms in total. The fourth-order valence-corrected chi connectivity index (χ4v) is 5.04. The number of carbonyl (C=O) groups excluding carboxylic acids is 1. The van der Waals surface area contributed by atoms with E-state index in [9.17, 15) is 13.2 Å². The average molecular weight is 412 g/mol. The van der Waals surface area contributed by atoms with Crippen molar-refractivity contribution in [2.45, 2.75) is 25.5 Å². The molecule has 1 N–H and O–H groups in total. The van der Waals surface area contributed by atoms with E-state index in [-0.39, 0.29) is 23.5 Å². The third-order valence-electron chi connectivity index (χ3n) is 4.08. The van der Waals surface area contributed by atoms with Gasteiger partial charge in [-0.2, -0.15) is 0 Å². The number of ether oxygens (including phenoxy) is 1. The fourth-order valence-electron chi connectivity index (χ4n) is 2.78. The van der Waals surface area contributed by atoms with Gasteiger partial charge in [-0.1, -0.05) is 30.3 Å². The molecule has 1 amide bonds. The Morgan fingerprint density at radius 1 is 1.29 bits per heavy atom. The number of amides is 1. The van der Waals surface area contributed by atoms with Gasteiger partial charge in [0, 0.05) is 6.04 Å². The zero-order valence-electron chi connectivity index (χ0n) is 13.2. The van der Waals surface area contributed by atoms with Gasteiger partial charge in [0.2, 0.25) is 0 Å². The van der Waals surface area contributed by atoms with Crippen molar-refractivity contribution in [3.05, 3.63) is 40.9 Å². The van der Waals surface area contributed by atoms with Crippen LogP contribution in [0.3, 0.4) is 0 Å². The summed E-state index contributed by atoms with van der Waals surface area (Å²) in [6.45, 7) is 1.65. The van der Waals surface area contributed by atoms with E-state index in [2.05, 4.69) is 21.2 Å². The van der Waals surface area contributed by atoms with Crippen LogP contribution in [0, 0.1) is 0 Å². The highest BCUT2D eigenvalue weighted by molar-refractivity contribution is 9.10. The number of fused-ring (bicyclic) bond motifs is 1. The molecule has 0 aliphatic carbocycles. The normalized spacial score (nSPS) is 20.7. The smallest absolute Gasteiger partial charge is 0.261 e. The molecule has 2 atom stereocenters. The molecule has 1 aliphatic heterocycles. The van der Waals surface area contributed by atoms with Gasteiger partial charge in [0.25, 0.3) is 5.91 Å². The second kappa shape index (κ2) is 6.72. The van der Waals surface area contributed by atoms with E-state index in [1.807, 2.05) is 36.4 Å². The Morgan fingerprint density at radius 2 is 2.04 bits per heavy atom. The molecule has 24 heavy (non-hydrogen) atoms. The summed E-state index contributed by atoms with van der Waals surface area (Å²) in [6, 6.07) is 11.3. The van der Waals surface area contributed by atoms with Gasteiger partial charge in [-0.25, -0.2) is 8.42 Å². The standard InChI is InChI=1S/C17H18BrNO4S/c1-11(17(20)19-13-8-9-24(21,22)10-13)23-15-7-6-12-4-2-3-5-14(12)16(15)18/h2-7,11,13H,8-10H2,1H3,(H,19,20). The van der Waals surface area contributed by atoms with Crippen molar-refractivity contribution in [2.75, 3.05) is 11.5 Å². The second-order valence-electron chi connectivity index (χ2n) is 5.97. The lowest BCUT2D eigenvalue weighted by molar-refractivity contribution is -0.127. The van der Waals surface area contributed by atoms with Crippen molar-refractivity contribution < 1.29 is 17.9 Å². The maximum Gasteiger partial charge on any atom is 0.261 e. The molecule has 0 radical (unpaired) electrons. The van der Waals surface area contributed by atoms with Gasteiger partial charge in [0.15, 0.2) is 15.9 Å². The van der Waals surface area contributed by atoms with Crippen molar-refractivity contribution in [1.29, 1.82) is 0 Å². The predicted octanol–water partition coefficient (Wildman–Crippen LogP) is 2.67. The van der Waals surface area contributed by atoms with Gasteiger partial charge in [0.05, 0.1) is 16.0 Å². The van der Waals surface area contributed by atoms with Gasteiger partial charge < -0.3 is 10.1 Å². The zero-order valence-corrected chi connectivity index (χ0v) is 15.6. The molecule has 0 spiro atoms. The third-order valence-corrected chi connectivity index (χ3v) is 6.67. The minimum Gasteiger partial charge on any atom is -0.480 e. The first-order valence-corrected chi connectivity index (χ1v) is 10.3. The van der Waals surface area contributed by atoms with E-state index in [1.165, 1.54) is 0 Å². The number of hydrogen-bond donors (Lipinski definition) is 1. The highest BCUT2D eigenvalue weighted by Gasteiger charge is 2.30. The maximum absolute atomic E-state index is 12.2. The van der Waals surface area contributed by atoms with Crippen LogP contribution in [0.15, 0.2) is 40.9 Å². The Balaban J connectivity index is 1.69. The molecule has 1 aliphatic rings. The van der Waals surface area contributed by atoms with Crippen LogP contribution in [-0.2, 0) is 14.6 Å². The molecule has 0 saturated carbocycles. The molecule has 0 aromatic heterocycles. The number of nitrogens with one attached hydrogen (secondary N) is 1. The number of halogens is 1. The molecular formula is C17H18BrNO4S. The first-order valence-electron chi connectivity index (χ1n) is 7.70. The van der Waals surface area contributed by atoms with Gasteiger partial charge >= 0.3 is 0 Å². The minimum absolute atomic E-state index is 0.00509. The first-order chi connectivity index (χ1) is 11.4. The van der Waals surface area contributed by atoms with Crippen LogP contribution in [0.5, 0.6) is 5.75 Å². The van der Waals surface area contributed by atoms with E-state index < -0.39 is 15.9 Å². The number of rotatable bonds is 4. The van der Waals surface area contributed by atoms with Crippen molar-refractivity contribution in [3.8, 4) is 5.75 Å². The second-order valence-corrected chi connectivity index (χ2v) is 8.99. The molecule has 3 rings (SSSR count). The molecule has 2 aromatic carbocycles. The lowest BCUT2D eigenvalue weighted by atomic mass is 10.1. The number of carbonyl (C=O) groups is 1. The SMILES string of the molecule is CC(Oc1ccc2ccccc2c1Br)C(=O)NC1CCS(=O)(=O)C1. The molecule has 0 bridgehead atoms. The van der Waals surface area contributed by atoms with Crippen LogP contribution >= 0.6 is 15.9 Å². The molecule has 128 valence electrons. The topological polar surface area (TPSA) is 72.5 Å². The molecular weight excluding hydrogens is 394 g/mol.